The number of aromatic nitrogens is 2. The van der Waals surface area contributed by atoms with E-state index in [1.54, 1.807) is 35.1 Å². The molecule has 0 amide bonds. The number of aromatic hydroxyl groups is 1. The fourth-order valence-corrected chi connectivity index (χ4v) is 1.39. The van der Waals surface area contributed by atoms with Crippen molar-refractivity contribution in [3.8, 4) is 11.4 Å². The summed E-state index contributed by atoms with van der Waals surface area (Å²) >= 11 is 0. The van der Waals surface area contributed by atoms with Crippen LogP contribution in [-0.4, -0.2) is 20.0 Å². The Bertz CT molecular complexity index is 460. The molecule has 2 aromatic rings. The smallest absolute Gasteiger partial charge is 0.115 e. The second kappa shape index (κ2) is 3.74. The molecule has 0 spiro atoms. The topological polar surface area (TPSA) is 58.3 Å². The third-order valence-corrected chi connectivity index (χ3v) is 2.29. The molecule has 0 radical (unpaired) electrons. The maximum atomic E-state index is 9.14. The molecule has 2 N–H and O–H groups in total. The lowest BCUT2D eigenvalue weighted by Gasteiger charge is -2.00. The predicted octanol–water partition coefficient (Wildman–Crippen LogP) is 1.38. The molecule has 0 saturated heterocycles. The monoisotopic (exact) mass is 204 g/mol. The number of phenols is 1. The molecule has 1 heterocycles. The lowest BCUT2D eigenvalue weighted by atomic mass is 10.3. The third-order valence-electron chi connectivity index (χ3n) is 2.29. The van der Waals surface area contributed by atoms with Crippen molar-refractivity contribution in [3.05, 3.63) is 41.7 Å². The normalized spacial score (nSPS) is 10.5. The number of hydrogen-bond donors (Lipinski definition) is 2. The quantitative estimate of drug-likeness (QED) is 0.777. The lowest BCUT2D eigenvalue weighted by Crippen LogP contribution is -1.93. The van der Waals surface area contributed by atoms with Crippen LogP contribution >= 0.6 is 0 Å². The van der Waals surface area contributed by atoms with Crippen molar-refractivity contribution in [1.29, 1.82) is 0 Å². The van der Waals surface area contributed by atoms with E-state index in [1.807, 2.05) is 6.92 Å². The molecule has 0 aliphatic carbocycles. The molecule has 0 saturated carbocycles. The standard InChI is InChI=1S/C11H12N2O2/c1-8-9(7-14)6-13(12-8)10-2-4-11(15)5-3-10/h2-6,14-15H,7H2,1H3. The Hall–Kier alpha value is -1.81. The zero-order valence-electron chi connectivity index (χ0n) is 8.38. The first kappa shape index (κ1) is 9.73. The SMILES string of the molecule is Cc1nn(-c2ccc(O)cc2)cc1CO. The van der Waals surface area contributed by atoms with Crippen molar-refractivity contribution in [2.75, 3.05) is 0 Å². The van der Waals surface area contributed by atoms with Gasteiger partial charge in [0.2, 0.25) is 0 Å². The lowest BCUT2D eigenvalue weighted by molar-refractivity contribution is 0.281. The van der Waals surface area contributed by atoms with Crippen molar-refractivity contribution < 1.29 is 10.2 Å². The average Bonchev–Trinajstić information content (AvgIpc) is 2.61. The summed E-state index contributed by atoms with van der Waals surface area (Å²) in [6.07, 6.45) is 1.78. The van der Waals surface area contributed by atoms with Gasteiger partial charge in [-0.05, 0) is 31.2 Å². The van der Waals surface area contributed by atoms with E-state index in [0.29, 0.717) is 0 Å². The molecule has 1 aromatic carbocycles. The Balaban J connectivity index is 2.41. The van der Waals surface area contributed by atoms with Crippen LogP contribution < -0.4 is 0 Å². The Morgan fingerprint density at radius 3 is 2.47 bits per heavy atom. The molecule has 0 aliphatic heterocycles. The fraction of sp³-hybridized carbons (Fsp3) is 0.182. The van der Waals surface area contributed by atoms with Crippen LogP contribution in [0.15, 0.2) is 30.5 Å². The van der Waals surface area contributed by atoms with Gasteiger partial charge in [-0.25, -0.2) is 4.68 Å². The average molecular weight is 204 g/mol. The first-order valence-corrected chi connectivity index (χ1v) is 4.66. The number of hydrogen-bond acceptors (Lipinski definition) is 3. The fourth-order valence-electron chi connectivity index (χ4n) is 1.39. The molecule has 4 nitrogen and oxygen atoms in total. The van der Waals surface area contributed by atoms with Crippen LogP contribution in [0.4, 0.5) is 0 Å². The summed E-state index contributed by atoms with van der Waals surface area (Å²) in [4.78, 5) is 0. The molecule has 0 bridgehead atoms. The minimum absolute atomic E-state index is 0.0100. The van der Waals surface area contributed by atoms with Gasteiger partial charge in [0.15, 0.2) is 0 Å². The number of benzene rings is 1. The molecular weight excluding hydrogens is 192 g/mol. The van der Waals surface area contributed by atoms with Gasteiger partial charge in [-0.1, -0.05) is 0 Å². The van der Waals surface area contributed by atoms with Crippen LogP contribution in [0.5, 0.6) is 5.75 Å². The van der Waals surface area contributed by atoms with Crippen molar-refractivity contribution in [2.24, 2.45) is 0 Å². The van der Waals surface area contributed by atoms with Crippen molar-refractivity contribution in [1.82, 2.24) is 9.78 Å². The van der Waals surface area contributed by atoms with Gasteiger partial charge in [-0.15, -0.1) is 0 Å². The summed E-state index contributed by atoms with van der Waals surface area (Å²) in [5.74, 6) is 0.227. The van der Waals surface area contributed by atoms with Crippen LogP contribution in [0, 0.1) is 6.92 Å². The highest BCUT2D eigenvalue weighted by molar-refractivity contribution is 5.37. The number of rotatable bonds is 2. The Labute approximate surface area is 87.4 Å². The van der Waals surface area contributed by atoms with Crippen molar-refractivity contribution in [3.63, 3.8) is 0 Å². The summed E-state index contributed by atoms with van der Waals surface area (Å²) in [7, 11) is 0. The molecule has 2 rings (SSSR count). The number of phenolic OH excluding ortho intramolecular Hbond substituents is 1. The van der Waals surface area contributed by atoms with E-state index in [4.69, 9.17) is 10.2 Å². The second-order valence-electron chi connectivity index (χ2n) is 3.36. The molecule has 4 heteroatoms. The first-order valence-electron chi connectivity index (χ1n) is 4.66. The maximum absolute atomic E-state index is 9.14. The van der Waals surface area contributed by atoms with Gasteiger partial charge < -0.3 is 10.2 Å². The Kier molecular flexibility index (Phi) is 2.43. The van der Waals surface area contributed by atoms with Crippen molar-refractivity contribution >= 4 is 0 Å². The van der Waals surface area contributed by atoms with Gasteiger partial charge in [-0.2, -0.15) is 5.10 Å². The summed E-state index contributed by atoms with van der Waals surface area (Å²) in [5.41, 5.74) is 2.48. The molecular formula is C11H12N2O2. The van der Waals surface area contributed by atoms with Crippen molar-refractivity contribution in [2.45, 2.75) is 13.5 Å². The summed E-state index contributed by atoms with van der Waals surface area (Å²) in [5, 5.41) is 22.4. The van der Waals surface area contributed by atoms with Gasteiger partial charge in [0.1, 0.15) is 5.75 Å². The molecule has 0 fully saturated rings. The van der Waals surface area contributed by atoms with Gasteiger partial charge in [0, 0.05) is 11.8 Å². The number of aliphatic hydroxyl groups is 1. The zero-order chi connectivity index (χ0) is 10.8. The first-order chi connectivity index (χ1) is 7.20. The summed E-state index contributed by atoms with van der Waals surface area (Å²) in [6, 6.07) is 6.74. The maximum Gasteiger partial charge on any atom is 0.115 e. The molecule has 78 valence electrons. The van der Waals surface area contributed by atoms with E-state index in [9.17, 15) is 0 Å². The van der Waals surface area contributed by atoms with Crippen LogP contribution in [0.25, 0.3) is 5.69 Å². The van der Waals surface area contributed by atoms with E-state index < -0.39 is 0 Å². The zero-order valence-corrected chi connectivity index (χ0v) is 8.38. The number of aliphatic hydroxyl groups excluding tert-OH is 1. The van der Waals surface area contributed by atoms with Crippen LogP contribution in [0.3, 0.4) is 0 Å². The van der Waals surface area contributed by atoms with Gasteiger partial charge >= 0.3 is 0 Å². The van der Waals surface area contributed by atoms with Gasteiger partial charge in [0.25, 0.3) is 0 Å². The van der Waals surface area contributed by atoms with E-state index in [-0.39, 0.29) is 12.4 Å². The third kappa shape index (κ3) is 1.85. The van der Waals surface area contributed by atoms with Gasteiger partial charge in [-0.3, -0.25) is 0 Å². The Morgan fingerprint density at radius 1 is 1.27 bits per heavy atom. The summed E-state index contributed by atoms with van der Waals surface area (Å²) in [6.45, 7) is 1.84. The molecule has 0 aliphatic rings. The minimum atomic E-state index is -0.0100. The number of aryl methyl sites for hydroxylation is 1. The largest absolute Gasteiger partial charge is 0.508 e. The highest BCUT2D eigenvalue weighted by atomic mass is 16.3. The number of nitrogens with zero attached hydrogens (tertiary/aromatic N) is 2. The molecule has 0 unspecified atom stereocenters. The van der Waals surface area contributed by atoms with Crippen LogP contribution in [0.2, 0.25) is 0 Å². The molecule has 1 aromatic heterocycles. The second-order valence-corrected chi connectivity index (χ2v) is 3.36. The highest BCUT2D eigenvalue weighted by Gasteiger charge is 2.04. The van der Waals surface area contributed by atoms with E-state index in [1.165, 1.54) is 0 Å². The molecule has 15 heavy (non-hydrogen) atoms. The Morgan fingerprint density at radius 2 is 1.93 bits per heavy atom. The van der Waals surface area contributed by atoms with Gasteiger partial charge in [0.05, 0.1) is 18.0 Å². The van der Waals surface area contributed by atoms with E-state index in [2.05, 4.69) is 5.10 Å². The predicted molar refractivity (Wildman–Crippen MR) is 55.9 cm³/mol. The summed E-state index contributed by atoms with van der Waals surface area (Å²) < 4.78 is 1.68. The minimum Gasteiger partial charge on any atom is -0.508 e. The van der Waals surface area contributed by atoms with E-state index >= 15 is 0 Å². The van der Waals surface area contributed by atoms with E-state index in [0.717, 1.165) is 16.9 Å². The molecule has 0 atom stereocenters. The van der Waals surface area contributed by atoms with Crippen LogP contribution in [0.1, 0.15) is 11.3 Å². The van der Waals surface area contributed by atoms with Crippen LogP contribution in [-0.2, 0) is 6.61 Å². The highest BCUT2D eigenvalue weighted by Crippen LogP contribution is 2.15.